The number of benzene rings is 1. The number of aliphatic hydroxyl groups is 1. The van der Waals surface area contributed by atoms with Gasteiger partial charge in [0.15, 0.2) is 0 Å². The maximum absolute atomic E-state index is 12.3. The van der Waals surface area contributed by atoms with Crippen molar-refractivity contribution in [3.63, 3.8) is 0 Å². The molecule has 98 valence electrons. The summed E-state index contributed by atoms with van der Waals surface area (Å²) in [6.07, 6.45) is 0.403. The quantitative estimate of drug-likeness (QED) is 0.828. The van der Waals surface area contributed by atoms with Gasteiger partial charge in [-0.25, -0.2) is 4.79 Å². The van der Waals surface area contributed by atoms with Crippen LogP contribution in [0.3, 0.4) is 0 Å². The monoisotopic (exact) mass is 250 g/mol. The minimum absolute atomic E-state index is 0.257. The highest BCUT2D eigenvalue weighted by molar-refractivity contribution is 5.83. The first-order valence-corrected chi connectivity index (χ1v) is 6.13. The Bertz CT molecular complexity index is 427. The first kappa shape index (κ1) is 13.1. The van der Waals surface area contributed by atoms with Crippen LogP contribution in [0.5, 0.6) is 0 Å². The second kappa shape index (κ2) is 4.71. The first-order chi connectivity index (χ1) is 8.54. The van der Waals surface area contributed by atoms with E-state index in [1.165, 1.54) is 0 Å². The average Bonchev–Trinajstić information content (AvgIpc) is 2.67. The molecule has 0 bridgehead atoms. The molecule has 0 saturated carbocycles. The standard InChI is InChI=1S/C14H18O4/c1-3-17-12(15)14(11-7-5-4-6-8-11)13(2,16)9-10-18-14/h4-8,16H,3,9-10H2,1-2H3. The minimum atomic E-state index is -1.41. The van der Waals surface area contributed by atoms with Crippen molar-refractivity contribution < 1.29 is 19.4 Å². The van der Waals surface area contributed by atoms with Crippen LogP contribution in [0.1, 0.15) is 25.8 Å². The Morgan fingerprint density at radius 2 is 2.11 bits per heavy atom. The average molecular weight is 250 g/mol. The summed E-state index contributed by atoms with van der Waals surface area (Å²) in [5.41, 5.74) is -2.05. The molecule has 2 rings (SSSR count). The van der Waals surface area contributed by atoms with Gasteiger partial charge in [0.05, 0.1) is 13.2 Å². The molecule has 1 aromatic carbocycles. The largest absolute Gasteiger partial charge is 0.464 e. The van der Waals surface area contributed by atoms with Crippen molar-refractivity contribution in [1.29, 1.82) is 0 Å². The van der Waals surface area contributed by atoms with Gasteiger partial charge >= 0.3 is 5.97 Å². The van der Waals surface area contributed by atoms with E-state index >= 15 is 0 Å². The molecule has 0 aromatic heterocycles. The summed E-state index contributed by atoms with van der Waals surface area (Å²) in [4.78, 5) is 12.3. The third-order valence-corrected chi connectivity index (χ3v) is 3.41. The number of carbonyl (C=O) groups is 1. The Hall–Kier alpha value is -1.39. The summed E-state index contributed by atoms with van der Waals surface area (Å²) in [5, 5.41) is 10.5. The van der Waals surface area contributed by atoms with Gasteiger partial charge in [-0.3, -0.25) is 0 Å². The third-order valence-electron chi connectivity index (χ3n) is 3.41. The molecule has 0 aliphatic carbocycles. The van der Waals surface area contributed by atoms with Crippen LogP contribution in [0.25, 0.3) is 0 Å². The van der Waals surface area contributed by atoms with Gasteiger partial charge in [-0.15, -0.1) is 0 Å². The van der Waals surface area contributed by atoms with Gasteiger partial charge in [-0.2, -0.15) is 0 Å². The molecule has 1 saturated heterocycles. The van der Waals surface area contributed by atoms with Crippen LogP contribution in [-0.4, -0.2) is 29.9 Å². The summed E-state index contributed by atoms with van der Waals surface area (Å²) >= 11 is 0. The van der Waals surface area contributed by atoms with Crippen LogP contribution in [0.15, 0.2) is 30.3 Å². The molecule has 0 radical (unpaired) electrons. The Labute approximate surface area is 107 Å². The molecule has 1 fully saturated rings. The maximum atomic E-state index is 12.3. The van der Waals surface area contributed by atoms with E-state index in [9.17, 15) is 9.90 Å². The normalized spacial score (nSPS) is 31.3. The molecule has 0 spiro atoms. The summed E-state index contributed by atoms with van der Waals surface area (Å²) in [6, 6.07) is 9.03. The van der Waals surface area contributed by atoms with E-state index in [1.807, 2.05) is 18.2 Å². The van der Waals surface area contributed by atoms with Crippen LogP contribution in [0.2, 0.25) is 0 Å². The lowest BCUT2D eigenvalue weighted by molar-refractivity contribution is -0.188. The van der Waals surface area contributed by atoms with Gasteiger partial charge in [-0.05, 0) is 19.4 Å². The highest BCUT2D eigenvalue weighted by atomic mass is 16.6. The van der Waals surface area contributed by atoms with E-state index in [-0.39, 0.29) is 6.61 Å². The fraction of sp³-hybridized carbons (Fsp3) is 0.500. The molecule has 1 aliphatic heterocycles. The molecule has 18 heavy (non-hydrogen) atoms. The Kier molecular flexibility index (Phi) is 3.41. The number of rotatable bonds is 3. The van der Waals surface area contributed by atoms with Crippen molar-refractivity contribution in [3.05, 3.63) is 35.9 Å². The Morgan fingerprint density at radius 1 is 1.44 bits per heavy atom. The summed E-state index contributed by atoms with van der Waals surface area (Å²) in [5.74, 6) is -0.529. The number of hydrogen-bond donors (Lipinski definition) is 1. The molecule has 4 nitrogen and oxygen atoms in total. The molecule has 2 atom stereocenters. The fourth-order valence-corrected chi connectivity index (χ4v) is 2.43. The van der Waals surface area contributed by atoms with E-state index in [0.717, 1.165) is 0 Å². The molecular weight excluding hydrogens is 232 g/mol. The summed E-state index contributed by atoms with van der Waals surface area (Å²) in [7, 11) is 0. The van der Waals surface area contributed by atoms with Gasteiger partial charge in [0.2, 0.25) is 5.60 Å². The van der Waals surface area contributed by atoms with Crippen molar-refractivity contribution in [2.45, 2.75) is 31.5 Å². The van der Waals surface area contributed by atoms with Crippen molar-refractivity contribution in [2.75, 3.05) is 13.2 Å². The van der Waals surface area contributed by atoms with Gasteiger partial charge in [0.1, 0.15) is 5.60 Å². The summed E-state index contributed by atoms with van der Waals surface area (Å²) in [6.45, 7) is 3.94. The number of ether oxygens (including phenoxy) is 2. The molecule has 1 heterocycles. The van der Waals surface area contributed by atoms with E-state index in [0.29, 0.717) is 18.6 Å². The van der Waals surface area contributed by atoms with Gasteiger partial charge in [-0.1, -0.05) is 30.3 Å². The van der Waals surface area contributed by atoms with E-state index in [2.05, 4.69) is 0 Å². The molecular formula is C14H18O4. The number of hydrogen-bond acceptors (Lipinski definition) is 4. The van der Waals surface area contributed by atoms with Crippen LogP contribution < -0.4 is 0 Å². The third kappa shape index (κ3) is 1.82. The minimum Gasteiger partial charge on any atom is -0.464 e. The lowest BCUT2D eigenvalue weighted by Crippen LogP contribution is -2.53. The van der Waals surface area contributed by atoms with Gasteiger partial charge in [0.25, 0.3) is 0 Å². The van der Waals surface area contributed by atoms with Gasteiger partial charge in [0, 0.05) is 6.42 Å². The molecule has 2 unspecified atom stereocenters. The zero-order valence-corrected chi connectivity index (χ0v) is 10.7. The second-order valence-corrected chi connectivity index (χ2v) is 4.64. The summed E-state index contributed by atoms with van der Waals surface area (Å²) < 4.78 is 10.7. The van der Waals surface area contributed by atoms with Crippen LogP contribution in [0, 0.1) is 0 Å². The topological polar surface area (TPSA) is 55.8 Å². The van der Waals surface area contributed by atoms with Crippen molar-refractivity contribution >= 4 is 5.97 Å². The highest BCUT2D eigenvalue weighted by Gasteiger charge is 2.60. The fourth-order valence-electron chi connectivity index (χ4n) is 2.43. The van der Waals surface area contributed by atoms with E-state index < -0.39 is 17.2 Å². The lowest BCUT2D eigenvalue weighted by atomic mass is 9.78. The molecule has 1 aliphatic rings. The van der Waals surface area contributed by atoms with Crippen LogP contribution in [-0.2, 0) is 19.9 Å². The molecule has 1 N–H and O–H groups in total. The zero-order valence-electron chi connectivity index (χ0n) is 10.7. The SMILES string of the molecule is CCOC(=O)C1(c2ccccc2)OCCC1(C)O. The maximum Gasteiger partial charge on any atom is 0.346 e. The molecule has 0 amide bonds. The number of carbonyl (C=O) groups excluding carboxylic acids is 1. The Morgan fingerprint density at radius 3 is 2.61 bits per heavy atom. The number of esters is 1. The predicted molar refractivity (Wildman–Crippen MR) is 65.9 cm³/mol. The van der Waals surface area contributed by atoms with Gasteiger partial charge < -0.3 is 14.6 Å². The van der Waals surface area contributed by atoms with Crippen molar-refractivity contribution in [2.24, 2.45) is 0 Å². The molecule has 4 heteroatoms. The van der Waals surface area contributed by atoms with Crippen molar-refractivity contribution in [3.8, 4) is 0 Å². The van der Waals surface area contributed by atoms with Crippen LogP contribution >= 0.6 is 0 Å². The smallest absolute Gasteiger partial charge is 0.346 e. The predicted octanol–water partition coefficient (Wildman–Crippen LogP) is 1.62. The molecule has 1 aromatic rings. The van der Waals surface area contributed by atoms with E-state index in [1.54, 1.807) is 26.0 Å². The van der Waals surface area contributed by atoms with E-state index in [4.69, 9.17) is 9.47 Å². The lowest BCUT2D eigenvalue weighted by Gasteiger charge is -2.36. The Balaban J connectivity index is 2.51. The van der Waals surface area contributed by atoms with Crippen molar-refractivity contribution in [1.82, 2.24) is 0 Å². The highest BCUT2D eigenvalue weighted by Crippen LogP contribution is 2.45. The first-order valence-electron chi connectivity index (χ1n) is 6.13. The second-order valence-electron chi connectivity index (χ2n) is 4.64. The zero-order chi connectivity index (χ0) is 13.2. The van der Waals surface area contributed by atoms with Crippen LogP contribution in [0.4, 0.5) is 0 Å².